The summed E-state index contributed by atoms with van der Waals surface area (Å²) in [6, 6.07) is 4.38. The fourth-order valence-corrected chi connectivity index (χ4v) is 2.31. The van der Waals surface area contributed by atoms with Gasteiger partial charge in [-0.3, -0.25) is 0 Å². The van der Waals surface area contributed by atoms with E-state index in [9.17, 15) is 5.11 Å². The molecule has 0 unspecified atom stereocenters. The van der Waals surface area contributed by atoms with Crippen LogP contribution in [0.25, 0.3) is 0 Å². The minimum absolute atomic E-state index is 0.554. The maximum atomic E-state index is 10.4. The lowest BCUT2D eigenvalue weighted by Crippen LogP contribution is -1.99. The van der Waals surface area contributed by atoms with E-state index in [1.54, 1.807) is 0 Å². The Bertz CT molecular complexity index is 358. The molecular formula is C18H30O. The predicted molar refractivity (Wildman–Crippen MR) is 83.8 cm³/mol. The van der Waals surface area contributed by atoms with Crippen molar-refractivity contribution < 1.29 is 5.11 Å². The van der Waals surface area contributed by atoms with Gasteiger partial charge in [-0.15, -0.1) is 0 Å². The molecule has 0 fully saturated rings. The number of aromatic hydroxyl groups is 1. The molecule has 1 nitrogen and oxygen atoms in total. The smallest absolute Gasteiger partial charge is 0.121 e. The molecule has 0 aliphatic carbocycles. The number of phenolic OH excluding ortho intramolecular Hbond substituents is 1. The van der Waals surface area contributed by atoms with Crippen LogP contribution in [-0.2, 0) is 19.3 Å². The monoisotopic (exact) mass is 262 g/mol. The summed E-state index contributed by atoms with van der Waals surface area (Å²) in [6.07, 6.45) is 5.32. The highest BCUT2D eigenvalue weighted by atomic mass is 16.3. The van der Waals surface area contributed by atoms with Crippen LogP contribution in [0.3, 0.4) is 0 Å². The van der Waals surface area contributed by atoms with Crippen molar-refractivity contribution >= 4 is 0 Å². The van der Waals surface area contributed by atoms with Crippen molar-refractivity contribution in [3.8, 4) is 5.75 Å². The second kappa shape index (κ2) is 7.57. The first-order valence-corrected chi connectivity index (χ1v) is 7.77. The van der Waals surface area contributed by atoms with Crippen LogP contribution in [0.4, 0.5) is 0 Å². The molecule has 0 heterocycles. The van der Waals surface area contributed by atoms with E-state index in [1.807, 2.05) is 0 Å². The number of benzene rings is 1. The number of aryl methyl sites for hydroxylation is 3. The van der Waals surface area contributed by atoms with E-state index in [0.29, 0.717) is 17.6 Å². The number of rotatable bonds is 7. The highest BCUT2D eigenvalue weighted by Gasteiger charge is 2.11. The van der Waals surface area contributed by atoms with Gasteiger partial charge in [-0.05, 0) is 60.6 Å². The van der Waals surface area contributed by atoms with Crippen molar-refractivity contribution in [3.05, 3.63) is 28.8 Å². The second-order valence-corrected chi connectivity index (χ2v) is 6.48. The lowest BCUT2D eigenvalue weighted by molar-refractivity contribution is 0.452. The highest BCUT2D eigenvalue weighted by Crippen LogP contribution is 2.29. The Balaban J connectivity index is 2.92. The Labute approximate surface area is 119 Å². The van der Waals surface area contributed by atoms with Gasteiger partial charge in [-0.25, -0.2) is 0 Å². The fraction of sp³-hybridized carbons (Fsp3) is 0.667. The average molecular weight is 262 g/mol. The lowest BCUT2D eigenvalue weighted by atomic mass is 9.93. The van der Waals surface area contributed by atoms with Gasteiger partial charge in [0.15, 0.2) is 0 Å². The third-order valence-electron chi connectivity index (χ3n) is 3.72. The van der Waals surface area contributed by atoms with Gasteiger partial charge in [0.25, 0.3) is 0 Å². The van der Waals surface area contributed by atoms with Gasteiger partial charge in [0.1, 0.15) is 5.75 Å². The van der Waals surface area contributed by atoms with Crippen molar-refractivity contribution in [2.24, 2.45) is 11.8 Å². The molecule has 0 amide bonds. The number of hydrogen-bond donors (Lipinski definition) is 1. The SMILES string of the molecule is CCc1cc(CCC(C)C)c(O)c(CCC(C)C)c1. The van der Waals surface area contributed by atoms with E-state index in [4.69, 9.17) is 0 Å². The normalized spacial score (nSPS) is 11.5. The molecule has 0 aliphatic heterocycles. The molecule has 0 saturated heterocycles. The zero-order valence-corrected chi connectivity index (χ0v) is 13.3. The molecule has 0 bridgehead atoms. The molecule has 0 atom stereocenters. The van der Waals surface area contributed by atoms with Gasteiger partial charge in [-0.1, -0.05) is 46.8 Å². The standard InChI is InChI=1S/C18H30O/c1-6-15-11-16(9-7-13(2)3)18(19)17(12-15)10-8-14(4)5/h11-14,19H,6-10H2,1-5H3. The van der Waals surface area contributed by atoms with Crippen molar-refractivity contribution in [2.45, 2.75) is 66.7 Å². The summed E-state index contributed by atoms with van der Waals surface area (Å²) in [5.41, 5.74) is 3.65. The van der Waals surface area contributed by atoms with Gasteiger partial charge < -0.3 is 5.11 Å². The summed E-state index contributed by atoms with van der Waals surface area (Å²) in [6.45, 7) is 11.1. The lowest BCUT2D eigenvalue weighted by Gasteiger charge is -2.14. The van der Waals surface area contributed by atoms with Gasteiger partial charge in [-0.2, -0.15) is 0 Å². The van der Waals surface area contributed by atoms with Crippen LogP contribution in [0.15, 0.2) is 12.1 Å². The quantitative estimate of drug-likeness (QED) is 0.722. The van der Waals surface area contributed by atoms with Crippen LogP contribution in [0.1, 0.15) is 64.2 Å². The number of hydrogen-bond acceptors (Lipinski definition) is 1. The Morgan fingerprint density at radius 3 is 1.63 bits per heavy atom. The molecule has 0 radical (unpaired) electrons. The van der Waals surface area contributed by atoms with Gasteiger partial charge in [0.2, 0.25) is 0 Å². The molecule has 19 heavy (non-hydrogen) atoms. The first-order valence-electron chi connectivity index (χ1n) is 7.77. The second-order valence-electron chi connectivity index (χ2n) is 6.48. The van der Waals surface area contributed by atoms with E-state index in [0.717, 1.165) is 43.2 Å². The summed E-state index contributed by atoms with van der Waals surface area (Å²) in [7, 11) is 0. The Hall–Kier alpha value is -0.980. The molecule has 0 spiro atoms. The molecule has 1 aromatic carbocycles. The first-order chi connectivity index (χ1) is 8.93. The molecule has 0 saturated carbocycles. The van der Waals surface area contributed by atoms with Crippen molar-refractivity contribution in [1.82, 2.24) is 0 Å². The average Bonchev–Trinajstić information content (AvgIpc) is 2.35. The molecule has 1 rings (SSSR count). The Kier molecular flexibility index (Phi) is 6.41. The summed E-state index contributed by atoms with van der Waals surface area (Å²) >= 11 is 0. The van der Waals surface area contributed by atoms with E-state index in [1.165, 1.54) is 5.56 Å². The predicted octanol–water partition coefficient (Wildman–Crippen LogP) is 5.13. The van der Waals surface area contributed by atoms with E-state index >= 15 is 0 Å². The largest absolute Gasteiger partial charge is 0.507 e. The van der Waals surface area contributed by atoms with E-state index < -0.39 is 0 Å². The molecule has 1 N–H and O–H groups in total. The highest BCUT2D eigenvalue weighted by molar-refractivity contribution is 5.44. The van der Waals surface area contributed by atoms with Crippen molar-refractivity contribution in [2.75, 3.05) is 0 Å². The minimum atomic E-state index is 0.554. The number of phenols is 1. The van der Waals surface area contributed by atoms with Crippen LogP contribution in [0.2, 0.25) is 0 Å². The van der Waals surface area contributed by atoms with Crippen LogP contribution < -0.4 is 0 Å². The van der Waals surface area contributed by atoms with Gasteiger partial charge in [0.05, 0.1) is 0 Å². The Morgan fingerprint density at radius 2 is 1.32 bits per heavy atom. The topological polar surface area (TPSA) is 20.2 Å². The zero-order valence-electron chi connectivity index (χ0n) is 13.3. The molecule has 0 aromatic heterocycles. The third-order valence-corrected chi connectivity index (χ3v) is 3.72. The molecule has 1 heteroatoms. The summed E-state index contributed by atoms with van der Waals surface area (Å²) < 4.78 is 0. The van der Waals surface area contributed by atoms with Gasteiger partial charge >= 0.3 is 0 Å². The van der Waals surface area contributed by atoms with Crippen LogP contribution in [0.5, 0.6) is 5.75 Å². The van der Waals surface area contributed by atoms with Crippen molar-refractivity contribution in [3.63, 3.8) is 0 Å². The van der Waals surface area contributed by atoms with Crippen LogP contribution in [0, 0.1) is 11.8 Å². The third kappa shape index (κ3) is 5.26. The summed E-state index contributed by atoms with van der Waals surface area (Å²) in [4.78, 5) is 0. The summed E-state index contributed by atoms with van der Waals surface area (Å²) in [5, 5.41) is 10.4. The van der Waals surface area contributed by atoms with E-state index in [2.05, 4.69) is 46.8 Å². The Morgan fingerprint density at radius 1 is 0.895 bits per heavy atom. The summed E-state index contributed by atoms with van der Waals surface area (Å²) in [5.74, 6) is 1.92. The maximum Gasteiger partial charge on any atom is 0.121 e. The van der Waals surface area contributed by atoms with E-state index in [-0.39, 0.29) is 0 Å². The van der Waals surface area contributed by atoms with Crippen LogP contribution >= 0.6 is 0 Å². The fourth-order valence-electron chi connectivity index (χ4n) is 2.31. The molecule has 1 aromatic rings. The molecule has 0 aliphatic rings. The molecule has 108 valence electrons. The van der Waals surface area contributed by atoms with Crippen LogP contribution in [-0.4, -0.2) is 5.11 Å². The minimum Gasteiger partial charge on any atom is -0.507 e. The van der Waals surface area contributed by atoms with Crippen molar-refractivity contribution in [1.29, 1.82) is 0 Å². The maximum absolute atomic E-state index is 10.4. The zero-order chi connectivity index (χ0) is 14.4. The molecular weight excluding hydrogens is 232 g/mol. The van der Waals surface area contributed by atoms with Gasteiger partial charge in [0, 0.05) is 0 Å². The first kappa shape index (κ1) is 16.1.